The van der Waals surface area contributed by atoms with Crippen LogP contribution < -0.4 is 5.32 Å². The highest BCUT2D eigenvalue weighted by molar-refractivity contribution is 6.25. The minimum Gasteiger partial charge on any atom is -0.462 e. The number of nitrogens with zero attached hydrogens (tertiary/aromatic N) is 1. The van der Waals surface area contributed by atoms with E-state index in [-0.39, 0.29) is 12.6 Å². The van der Waals surface area contributed by atoms with Crippen LogP contribution in [0.1, 0.15) is 61.4 Å². The fourth-order valence-corrected chi connectivity index (χ4v) is 3.24. The fourth-order valence-electron chi connectivity index (χ4n) is 3.24. The minimum absolute atomic E-state index is 0.0474. The summed E-state index contributed by atoms with van der Waals surface area (Å²) in [5.74, 6) is -7.93. The molecule has 1 aromatic carbocycles. The standard InChI is InChI=1S/C20H23F3N2O5/c1-3-9-30-20(27)13(10-24-12-7-5-4-6-8-12)19(26)14-15(21)11(2)16(22)17(23)18(14)25(28)29/h10,12,24H,3-9H2,1-2H3/b13-10+. The summed E-state index contributed by atoms with van der Waals surface area (Å²) in [5, 5.41) is 14.2. The number of ketones is 1. The molecule has 1 aliphatic rings. The summed E-state index contributed by atoms with van der Waals surface area (Å²) in [6.07, 6.45) is 5.95. The molecule has 164 valence electrons. The van der Waals surface area contributed by atoms with E-state index in [1.807, 2.05) is 0 Å². The van der Waals surface area contributed by atoms with Crippen LogP contribution in [0.5, 0.6) is 0 Å². The summed E-state index contributed by atoms with van der Waals surface area (Å²) in [5.41, 5.74) is -4.60. The maximum atomic E-state index is 14.7. The van der Waals surface area contributed by atoms with E-state index in [0.717, 1.165) is 45.2 Å². The Hall–Kier alpha value is -2.91. The van der Waals surface area contributed by atoms with Crippen LogP contribution in [0.4, 0.5) is 18.9 Å². The van der Waals surface area contributed by atoms with Gasteiger partial charge in [0.2, 0.25) is 11.6 Å². The van der Waals surface area contributed by atoms with Crippen molar-refractivity contribution >= 4 is 17.4 Å². The van der Waals surface area contributed by atoms with Crippen molar-refractivity contribution in [3.8, 4) is 0 Å². The summed E-state index contributed by atoms with van der Waals surface area (Å²) in [6.45, 7) is 2.50. The molecule has 7 nitrogen and oxygen atoms in total. The molecule has 0 aliphatic heterocycles. The van der Waals surface area contributed by atoms with Gasteiger partial charge in [-0.25, -0.2) is 13.6 Å². The first-order chi connectivity index (χ1) is 14.2. The third-order valence-corrected chi connectivity index (χ3v) is 4.90. The molecule has 0 atom stereocenters. The van der Waals surface area contributed by atoms with E-state index in [0.29, 0.717) is 6.42 Å². The smallest absolute Gasteiger partial charge is 0.343 e. The van der Waals surface area contributed by atoms with E-state index >= 15 is 0 Å². The van der Waals surface area contributed by atoms with Gasteiger partial charge in [-0.1, -0.05) is 26.2 Å². The number of rotatable bonds is 8. The van der Waals surface area contributed by atoms with Gasteiger partial charge < -0.3 is 10.1 Å². The maximum Gasteiger partial charge on any atom is 0.343 e. The molecule has 1 aromatic rings. The molecule has 2 rings (SSSR count). The second-order valence-electron chi connectivity index (χ2n) is 7.07. The number of benzene rings is 1. The number of Topliss-reactive ketones (excluding diaryl/α,β-unsaturated/α-hetero) is 1. The number of halogens is 3. The first-order valence-electron chi connectivity index (χ1n) is 9.70. The predicted octanol–water partition coefficient (Wildman–Crippen LogP) is 4.26. The van der Waals surface area contributed by atoms with Crippen LogP contribution in [-0.4, -0.2) is 29.3 Å². The van der Waals surface area contributed by atoms with Crippen molar-refractivity contribution in [1.29, 1.82) is 0 Å². The Bertz CT molecular complexity index is 880. The van der Waals surface area contributed by atoms with E-state index in [9.17, 15) is 32.9 Å². The number of ether oxygens (including phenoxy) is 1. The summed E-state index contributed by atoms with van der Waals surface area (Å²) in [7, 11) is 0. The average molecular weight is 428 g/mol. The van der Waals surface area contributed by atoms with Gasteiger partial charge in [0, 0.05) is 17.8 Å². The molecule has 0 saturated heterocycles. The van der Waals surface area contributed by atoms with Crippen molar-refractivity contribution in [3.05, 3.63) is 50.5 Å². The van der Waals surface area contributed by atoms with Crippen LogP contribution >= 0.6 is 0 Å². The molecule has 1 fully saturated rings. The highest BCUT2D eigenvalue weighted by Crippen LogP contribution is 2.32. The second kappa shape index (κ2) is 10.2. The number of esters is 1. The Morgan fingerprint density at radius 3 is 2.37 bits per heavy atom. The van der Waals surface area contributed by atoms with Gasteiger partial charge in [0.15, 0.2) is 5.82 Å². The molecule has 0 bridgehead atoms. The van der Waals surface area contributed by atoms with Gasteiger partial charge in [-0.05, 0) is 26.2 Å². The predicted molar refractivity (Wildman–Crippen MR) is 101 cm³/mol. The lowest BCUT2D eigenvalue weighted by molar-refractivity contribution is -0.388. The van der Waals surface area contributed by atoms with Crippen LogP contribution in [-0.2, 0) is 9.53 Å². The van der Waals surface area contributed by atoms with Gasteiger partial charge in [0.25, 0.3) is 0 Å². The zero-order valence-electron chi connectivity index (χ0n) is 16.7. The number of nitro benzene ring substituents is 1. The van der Waals surface area contributed by atoms with E-state index in [4.69, 9.17) is 4.74 Å². The maximum absolute atomic E-state index is 14.7. The molecule has 30 heavy (non-hydrogen) atoms. The van der Waals surface area contributed by atoms with Gasteiger partial charge in [0.05, 0.1) is 11.5 Å². The summed E-state index contributed by atoms with van der Waals surface area (Å²) < 4.78 is 47.6. The van der Waals surface area contributed by atoms with Crippen molar-refractivity contribution < 1.29 is 32.4 Å². The Morgan fingerprint density at radius 1 is 1.17 bits per heavy atom. The van der Waals surface area contributed by atoms with Gasteiger partial charge in [-0.15, -0.1) is 0 Å². The van der Waals surface area contributed by atoms with E-state index in [2.05, 4.69) is 5.32 Å². The Balaban J connectivity index is 2.54. The number of carbonyl (C=O) groups excluding carboxylic acids is 2. The molecule has 0 spiro atoms. The molecule has 0 unspecified atom stereocenters. The Morgan fingerprint density at radius 2 is 1.80 bits per heavy atom. The molecule has 1 N–H and O–H groups in total. The molecule has 1 saturated carbocycles. The number of carbonyl (C=O) groups is 2. The number of hydrogen-bond acceptors (Lipinski definition) is 6. The van der Waals surface area contributed by atoms with E-state index in [1.54, 1.807) is 6.92 Å². The SMILES string of the molecule is CCCOC(=O)/C(=C/NC1CCCCC1)C(=O)c1c(F)c(C)c(F)c(F)c1[N+](=O)[O-]. The fraction of sp³-hybridized carbons (Fsp3) is 0.500. The van der Waals surface area contributed by atoms with Gasteiger partial charge in [-0.3, -0.25) is 14.9 Å². The molecule has 1 aliphatic carbocycles. The van der Waals surface area contributed by atoms with E-state index in [1.165, 1.54) is 0 Å². The number of nitro groups is 1. The molecule has 0 heterocycles. The zero-order valence-corrected chi connectivity index (χ0v) is 16.7. The summed E-state index contributed by atoms with van der Waals surface area (Å²) in [4.78, 5) is 35.2. The van der Waals surface area contributed by atoms with Crippen LogP contribution in [0.3, 0.4) is 0 Å². The zero-order chi connectivity index (χ0) is 22.4. The monoisotopic (exact) mass is 428 g/mol. The molecular formula is C20H23F3N2O5. The van der Waals surface area contributed by atoms with Crippen LogP contribution in [0.2, 0.25) is 0 Å². The summed E-state index contributed by atoms with van der Waals surface area (Å²) in [6, 6.07) is -0.0490. The van der Waals surface area contributed by atoms with E-state index < -0.39 is 56.5 Å². The molecule has 0 aromatic heterocycles. The highest BCUT2D eigenvalue weighted by atomic mass is 19.2. The minimum atomic E-state index is -1.97. The van der Waals surface area contributed by atoms with Gasteiger partial charge >= 0.3 is 11.7 Å². The lowest BCUT2D eigenvalue weighted by Gasteiger charge is -2.22. The van der Waals surface area contributed by atoms with Gasteiger partial charge in [0.1, 0.15) is 17.0 Å². The summed E-state index contributed by atoms with van der Waals surface area (Å²) >= 11 is 0. The van der Waals surface area contributed by atoms with Crippen molar-refractivity contribution in [2.45, 2.75) is 58.4 Å². The largest absolute Gasteiger partial charge is 0.462 e. The van der Waals surface area contributed by atoms with Crippen molar-refractivity contribution in [2.24, 2.45) is 0 Å². The quantitative estimate of drug-likeness (QED) is 0.0971. The third kappa shape index (κ3) is 4.98. The second-order valence-corrected chi connectivity index (χ2v) is 7.07. The Labute approximate surface area is 171 Å². The molecule has 10 heteroatoms. The molecule has 0 radical (unpaired) electrons. The lowest BCUT2D eigenvalue weighted by Crippen LogP contribution is -2.29. The van der Waals surface area contributed by atoms with Crippen LogP contribution in [0, 0.1) is 34.5 Å². The van der Waals surface area contributed by atoms with Crippen molar-refractivity contribution in [3.63, 3.8) is 0 Å². The van der Waals surface area contributed by atoms with Crippen LogP contribution in [0.15, 0.2) is 11.8 Å². The molecular weight excluding hydrogens is 405 g/mol. The van der Waals surface area contributed by atoms with Crippen molar-refractivity contribution in [2.75, 3.05) is 6.61 Å². The normalized spacial score (nSPS) is 15.0. The van der Waals surface area contributed by atoms with Crippen LogP contribution in [0.25, 0.3) is 0 Å². The Kier molecular flexibility index (Phi) is 7.96. The molecule has 0 amide bonds. The lowest BCUT2D eigenvalue weighted by atomic mass is 9.95. The number of hydrogen-bond donors (Lipinski definition) is 1. The first kappa shape index (κ1) is 23.4. The van der Waals surface area contributed by atoms with Gasteiger partial charge in [-0.2, -0.15) is 4.39 Å². The third-order valence-electron chi connectivity index (χ3n) is 4.90. The first-order valence-corrected chi connectivity index (χ1v) is 9.70. The topological polar surface area (TPSA) is 98.5 Å². The highest BCUT2D eigenvalue weighted by Gasteiger charge is 2.37. The number of nitrogens with one attached hydrogen (secondary N) is 1. The average Bonchev–Trinajstić information content (AvgIpc) is 2.73. The van der Waals surface area contributed by atoms with Crippen molar-refractivity contribution in [1.82, 2.24) is 5.32 Å².